The largest absolute Gasteiger partial charge is 0.310 e. The molecule has 3 aromatic heterocycles. The van der Waals surface area contributed by atoms with E-state index in [1.165, 1.54) is 56.5 Å². The minimum atomic E-state index is -0.258. The second-order valence-electron chi connectivity index (χ2n) is 10.2. The Hall–Kier alpha value is -2.68. The van der Waals surface area contributed by atoms with Gasteiger partial charge < -0.3 is 10.2 Å². The molecule has 1 aliphatic carbocycles. The van der Waals surface area contributed by atoms with Crippen LogP contribution in [-0.2, 0) is 6.54 Å². The van der Waals surface area contributed by atoms with Crippen molar-refractivity contribution in [3.63, 3.8) is 0 Å². The molecule has 0 spiro atoms. The number of fused-ring (bicyclic) bond motifs is 3. The molecule has 36 heavy (non-hydrogen) atoms. The number of piperidine rings is 1. The van der Waals surface area contributed by atoms with Gasteiger partial charge in [0.2, 0.25) is 0 Å². The van der Waals surface area contributed by atoms with Gasteiger partial charge in [0.1, 0.15) is 11.5 Å². The van der Waals surface area contributed by atoms with Crippen LogP contribution in [0.4, 0.5) is 4.39 Å². The van der Waals surface area contributed by atoms with Crippen molar-refractivity contribution in [2.24, 2.45) is 0 Å². The van der Waals surface area contributed by atoms with Crippen molar-refractivity contribution < 1.29 is 9.18 Å². The highest BCUT2D eigenvalue weighted by Crippen LogP contribution is 2.31. The molecule has 4 heterocycles. The van der Waals surface area contributed by atoms with Gasteiger partial charge in [-0.3, -0.25) is 14.2 Å². The van der Waals surface area contributed by atoms with E-state index < -0.39 is 0 Å². The summed E-state index contributed by atoms with van der Waals surface area (Å²) in [7, 11) is 0. The maximum absolute atomic E-state index is 14.9. The lowest BCUT2D eigenvalue weighted by atomic mass is 10.1. The summed E-state index contributed by atoms with van der Waals surface area (Å²) in [6.45, 7) is 4.18. The molecule has 4 aromatic rings. The summed E-state index contributed by atoms with van der Waals surface area (Å²) in [5.74, 6) is -0.160. The summed E-state index contributed by atoms with van der Waals surface area (Å²) in [6.07, 6.45) is 12.5. The molecular weight excluding hydrogens is 473 g/mol. The molecule has 0 bridgehead atoms. The third kappa shape index (κ3) is 5.21. The fourth-order valence-corrected chi connectivity index (χ4v) is 6.06. The second-order valence-corrected chi connectivity index (χ2v) is 11.2. The molecule has 188 valence electrons. The van der Waals surface area contributed by atoms with E-state index in [4.69, 9.17) is 0 Å². The topological polar surface area (TPSA) is 62.5 Å². The molecule has 1 saturated heterocycles. The van der Waals surface area contributed by atoms with Gasteiger partial charge in [-0.05, 0) is 81.9 Å². The van der Waals surface area contributed by atoms with Crippen molar-refractivity contribution in [2.45, 2.75) is 64.0 Å². The maximum atomic E-state index is 14.9. The number of hydrogen-bond acceptors (Lipinski definition) is 6. The van der Waals surface area contributed by atoms with Crippen molar-refractivity contribution in [3.8, 4) is 11.3 Å². The monoisotopic (exact) mass is 505 g/mol. The van der Waals surface area contributed by atoms with Crippen molar-refractivity contribution in [1.82, 2.24) is 24.6 Å². The van der Waals surface area contributed by atoms with Crippen LogP contribution in [-0.4, -0.2) is 50.7 Å². The molecule has 0 atom stereocenters. The summed E-state index contributed by atoms with van der Waals surface area (Å²) in [5, 5.41) is 3.42. The molecule has 0 unspecified atom stereocenters. The number of ketones is 1. The van der Waals surface area contributed by atoms with Gasteiger partial charge in [-0.2, -0.15) is 0 Å². The highest BCUT2D eigenvalue weighted by atomic mass is 32.1. The first-order chi connectivity index (χ1) is 17.6. The van der Waals surface area contributed by atoms with E-state index in [2.05, 4.69) is 20.2 Å². The number of nitrogens with one attached hydrogen (secondary N) is 1. The van der Waals surface area contributed by atoms with Crippen LogP contribution in [0.2, 0.25) is 0 Å². The van der Waals surface area contributed by atoms with E-state index in [-0.39, 0.29) is 11.6 Å². The van der Waals surface area contributed by atoms with Crippen molar-refractivity contribution in [3.05, 3.63) is 53.7 Å². The fourth-order valence-electron chi connectivity index (χ4n) is 5.04. The molecule has 2 aliphatic rings. The first-order valence-electron chi connectivity index (χ1n) is 13.2. The van der Waals surface area contributed by atoms with Crippen molar-refractivity contribution in [1.29, 1.82) is 0 Å². The number of benzene rings is 1. The van der Waals surface area contributed by atoms with Crippen LogP contribution in [0.3, 0.4) is 0 Å². The van der Waals surface area contributed by atoms with Crippen molar-refractivity contribution >= 4 is 32.3 Å². The quantitative estimate of drug-likeness (QED) is 0.217. The number of halogens is 1. The van der Waals surface area contributed by atoms with E-state index in [0.29, 0.717) is 36.0 Å². The van der Waals surface area contributed by atoms with Gasteiger partial charge in [0, 0.05) is 30.8 Å². The molecule has 1 aromatic carbocycles. The number of likely N-dealkylation sites (tertiary alicyclic amines) is 1. The van der Waals surface area contributed by atoms with E-state index >= 15 is 0 Å². The SMILES string of the molecule is O=C(CCCCN1CCCCC1)c1cc2sc3nc(-c4ccc(CNC5CC5)cc4F)cn3c2cn1. The molecule has 2 fully saturated rings. The zero-order chi connectivity index (χ0) is 24.5. The van der Waals surface area contributed by atoms with Gasteiger partial charge in [0.15, 0.2) is 10.7 Å². The Balaban J connectivity index is 1.12. The number of pyridine rings is 1. The zero-order valence-electron chi connectivity index (χ0n) is 20.5. The Bertz CT molecular complexity index is 1390. The summed E-state index contributed by atoms with van der Waals surface area (Å²) >= 11 is 1.50. The molecule has 6 rings (SSSR count). The number of rotatable bonds is 10. The van der Waals surface area contributed by atoms with Gasteiger partial charge in [-0.1, -0.05) is 23.8 Å². The van der Waals surface area contributed by atoms with E-state index in [1.54, 1.807) is 12.3 Å². The van der Waals surface area contributed by atoms with Gasteiger partial charge >= 0.3 is 0 Å². The molecule has 0 amide bonds. The smallest absolute Gasteiger partial charge is 0.195 e. The maximum Gasteiger partial charge on any atom is 0.195 e. The van der Waals surface area contributed by atoms with E-state index in [9.17, 15) is 9.18 Å². The molecule has 1 N–H and O–H groups in total. The number of carbonyl (C=O) groups is 1. The normalized spacial score (nSPS) is 16.8. The lowest BCUT2D eigenvalue weighted by molar-refractivity contribution is 0.0972. The summed E-state index contributed by atoms with van der Waals surface area (Å²) in [5.41, 5.74) is 3.46. The molecule has 1 aliphatic heterocycles. The number of hydrogen-bond donors (Lipinski definition) is 1. The lowest BCUT2D eigenvalue weighted by Crippen LogP contribution is -2.30. The van der Waals surface area contributed by atoms with Crippen LogP contribution >= 0.6 is 11.3 Å². The summed E-state index contributed by atoms with van der Waals surface area (Å²) in [6, 6.07) is 7.85. The van der Waals surface area contributed by atoms with Gasteiger partial charge in [0.25, 0.3) is 0 Å². The average molecular weight is 506 g/mol. The minimum absolute atomic E-state index is 0.0978. The minimum Gasteiger partial charge on any atom is -0.310 e. The van der Waals surface area contributed by atoms with Crippen LogP contribution in [0.15, 0.2) is 36.7 Å². The number of Topliss-reactive ketones (excluding diaryl/α,β-unsaturated/α-hetero) is 1. The van der Waals surface area contributed by atoms with Crippen LogP contribution in [0.5, 0.6) is 0 Å². The highest BCUT2D eigenvalue weighted by molar-refractivity contribution is 7.23. The Morgan fingerprint density at radius 1 is 1.14 bits per heavy atom. The standard InChI is InChI=1S/C28H32FN5OS/c29-22-14-19(16-30-20-8-9-20)7-10-21(22)24-18-34-25-17-31-23(15-27(25)36-28(34)32-24)26(35)6-2-5-13-33-11-3-1-4-12-33/h7,10,14-15,17-18,20,30H,1-6,8-9,11-13,16H2. The first kappa shape index (κ1) is 23.7. The van der Waals surface area contributed by atoms with Gasteiger partial charge in [-0.15, -0.1) is 0 Å². The summed E-state index contributed by atoms with van der Waals surface area (Å²) < 4.78 is 17.8. The second kappa shape index (κ2) is 10.4. The van der Waals surface area contributed by atoms with Crippen LogP contribution < -0.4 is 5.32 Å². The predicted octanol–water partition coefficient (Wildman–Crippen LogP) is 5.84. The van der Waals surface area contributed by atoms with Gasteiger partial charge in [0.05, 0.1) is 22.1 Å². The Morgan fingerprint density at radius 2 is 2.00 bits per heavy atom. The predicted molar refractivity (Wildman–Crippen MR) is 142 cm³/mol. The van der Waals surface area contributed by atoms with Gasteiger partial charge in [-0.25, -0.2) is 9.37 Å². The van der Waals surface area contributed by atoms with Crippen LogP contribution in [0.1, 0.15) is 67.4 Å². The molecule has 0 radical (unpaired) electrons. The van der Waals surface area contributed by atoms with Crippen molar-refractivity contribution in [2.75, 3.05) is 19.6 Å². The molecule has 6 nitrogen and oxygen atoms in total. The third-order valence-corrected chi connectivity index (χ3v) is 8.34. The lowest BCUT2D eigenvalue weighted by Gasteiger charge is -2.26. The van der Waals surface area contributed by atoms with E-state index in [1.807, 2.05) is 28.8 Å². The number of thiazole rings is 1. The molecular formula is C28H32FN5OS. The fraction of sp³-hybridized carbons (Fsp3) is 0.464. The molecule has 1 saturated carbocycles. The number of aromatic nitrogens is 3. The highest BCUT2D eigenvalue weighted by Gasteiger charge is 2.20. The zero-order valence-corrected chi connectivity index (χ0v) is 21.3. The first-order valence-corrected chi connectivity index (χ1v) is 14.0. The number of unbranched alkanes of at least 4 members (excludes halogenated alkanes) is 1. The number of carbonyl (C=O) groups excluding carboxylic acids is 1. The Morgan fingerprint density at radius 3 is 2.81 bits per heavy atom. The van der Waals surface area contributed by atoms with Crippen LogP contribution in [0, 0.1) is 5.82 Å². The Kier molecular flexibility index (Phi) is 6.82. The third-order valence-electron chi connectivity index (χ3n) is 7.32. The Labute approximate surface area is 214 Å². The molecule has 8 heteroatoms. The number of imidazole rings is 1. The number of nitrogens with zero attached hydrogens (tertiary/aromatic N) is 4. The summed E-state index contributed by atoms with van der Waals surface area (Å²) in [4.78, 5) is 25.2. The average Bonchev–Trinajstić information content (AvgIpc) is 3.54. The van der Waals surface area contributed by atoms with E-state index in [0.717, 1.165) is 40.1 Å². The van der Waals surface area contributed by atoms with Crippen LogP contribution in [0.25, 0.3) is 26.4 Å².